The molecule has 2 bridgehead atoms. The molecule has 3 saturated carbocycles. The third-order valence-corrected chi connectivity index (χ3v) is 11.2. The Hall–Kier alpha value is -2.78. The molecule has 1 aromatic carbocycles. The Morgan fingerprint density at radius 1 is 1.17 bits per heavy atom. The van der Waals surface area contributed by atoms with E-state index in [-0.39, 0.29) is 23.0 Å². The average Bonchev–Trinajstić information content (AvgIpc) is 3.69. The zero-order chi connectivity index (χ0) is 28.8. The number of nitrogens with zero attached hydrogens (tertiary/aromatic N) is 1. The molecule has 1 amide bonds. The van der Waals surface area contributed by atoms with E-state index >= 15 is 0 Å². The summed E-state index contributed by atoms with van der Waals surface area (Å²) >= 11 is 0. The standard InChI is InChI=1S/C32H37F3N2O4/c1-37(18-19-11-12-19)16-15-30-22-9-6-10-24(30)41-31(25(40-2)14-13-21(28(30)31)17-23(22)37)36-29(39)26(32(33,34)35)27(38)20-7-4-3-5-8-20/h3-5,7-8,13-14,19,22-24,28H,6,9-12,15-18H2,1-2H3,(H-,36,38,39)/p+1/t22-,23+,24-,28?,30+,31?,37?/m0/s1. The molecule has 4 aliphatic carbocycles. The SMILES string of the molecule is COC1=CC=C2C[C@@H]3[C@@H]4CCC[C@@H]5OC1(NC(=O)C(=C(O)c1ccccc1)C(F)(F)F)C2[C@@]54CC[N+]3(C)CC1CC1. The quantitative estimate of drug-likeness (QED) is 0.264. The predicted molar refractivity (Wildman–Crippen MR) is 146 cm³/mol. The molecule has 7 rings (SSSR count). The molecule has 1 aromatic rings. The molecule has 6 aliphatic rings. The highest BCUT2D eigenvalue weighted by Crippen LogP contribution is 2.70. The van der Waals surface area contributed by atoms with Gasteiger partial charge in [0.1, 0.15) is 11.5 Å². The van der Waals surface area contributed by atoms with E-state index in [1.165, 1.54) is 50.8 Å². The highest BCUT2D eigenvalue weighted by atomic mass is 19.4. The number of aliphatic hydroxyl groups excluding tert-OH is 1. The zero-order valence-corrected chi connectivity index (χ0v) is 23.5. The number of amides is 1. The molecule has 41 heavy (non-hydrogen) atoms. The smallest absolute Gasteiger partial charge is 0.425 e. The van der Waals surface area contributed by atoms with Crippen LogP contribution in [0.1, 0.15) is 50.5 Å². The molecule has 2 N–H and O–H groups in total. The number of benzene rings is 1. The zero-order valence-electron chi connectivity index (χ0n) is 23.5. The lowest BCUT2D eigenvalue weighted by molar-refractivity contribution is -0.948. The van der Waals surface area contributed by atoms with Crippen molar-refractivity contribution < 1.29 is 37.0 Å². The van der Waals surface area contributed by atoms with E-state index in [4.69, 9.17) is 9.47 Å². The number of piperidine rings is 1. The molecule has 2 heterocycles. The molecular formula is C32H38F3N2O4+. The van der Waals surface area contributed by atoms with Gasteiger partial charge in [-0.3, -0.25) is 4.79 Å². The van der Waals surface area contributed by atoms with E-state index in [1.807, 2.05) is 0 Å². The normalized spacial score (nSPS) is 39.6. The van der Waals surface area contributed by atoms with Crippen LogP contribution >= 0.6 is 0 Å². The number of quaternary nitrogens is 1. The number of alkyl halides is 3. The summed E-state index contributed by atoms with van der Waals surface area (Å²) in [5.41, 5.74) is -2.45. The molecule has 6 nitrogen and oxygen atoms in total. The molecule has 3 unspecified atom stereocenters. The van der Waals surface area contributed by atoms with Crippen molar-refractivity contribution in [3.05, 3.63) is 65.0 Å². The summed E-state index contributed by atoms with van der Waals surface area (Å²) in [5, 5.41) is 13.5. The van der Waals surface area contributed by atoms with E-state index in [0.717, 1.165) is 54.6 Å². The van der Waals surface area contributed by atoms with E-state index < -0.39 is 29.1 Å². The number of aliphatic hydroxyl groups is 1. The van der Waals surface area contributed by atoms with Gasteiger partial charge in [-0.2, -0.15) is 13.2 Å². The fraction of sp³-hybridized carbons (Fsp3) is 0.594. The van der Waals surface area contributed by atoms with Crippen LogP contribution in [0, 0.1) is 23.2 Å². The Bertz CT molecular complexity index is 1350. The minimum Gasteiger partial charge on any atom is -0.506 e. The lowest BCUT2D eigenvalue weighted by Gasteiger charge is -2.64. The minimum atomic E-state index is -5.10. The van der Waals surface area contributed by atoms with Crippen LogP contribution in [0.4, 0.5) is 13.2 Å². The van der Waals surface area contributed by atoms with Gasteiger partial charge in [-0.15, -0.1) is 0 Å². The van der Waals surface area contributed by atoms with Crippen molar-refractivity contribution in [2.75, 3.05) is 27.2 Å². The van der Waals surface area contributed by atoms with Crippen LogP contribution in [-0.4, -0.2) is 66.8 Å². The lowest BCUT2D eigenvalue weighted by atomic mass is 9.46. The van der Waals surface area contributed by atoms with Crippen molar-refractivity contribution >= 4 is 11.7 Å². The maximum absolute atomic E-state index is 14.4. The van der Waals surface area contributed by atoms with Gasteiger partial charge < -0.3 is 24.4 Å². The van der Waals surface area contributed by atoms with Gasteiger partial charge >= 0.3 is 6.18 Å². The number of hydrogen-bond acceptors (Lipinski definition) is 4. The third kappa shape index (κ3) is 3.87. The topological polar surface area (TPSA) is 67.8 Å². The Labute approximate surface area is 238 Å². The molecule has 9 heteroatoms. The van der Waals surface area contributed by atoms with E-state index in [2.05, 4.69) is 18.4 Å². The van der Waals surface area contributed by atoms with E-state index in [1.54, 1.807) is 12.1 Å². The summed E-state index contributed by atoms with van der Waals surface area (Å²) in [7, 11) is 3.87. The van der Waals surface area contributed by atoms with Crippen LogP contribution in [0.15, 0.2) is 59.4 Å². The maximum Gasteiger partial charge on any atom is 0.425 e. The first-order valence-corrected chi connectivity index (χ1v) is 14.9. The molecule has 5 fully saturated rings. The molecular weight excluding hydrogens is 533 g/mol. The molecule has 1 spiro atoms. The number of likely N-dealkylation sites (tertiary alicyclic amines) is 1. The molecule has 2 saturated heterocycles. The summed E-state index contributed by atoms with van der Waals surface area (Å²) in [6.45, 7) is 2.18. The van der Waals surface area contributed by atoms with Crippen LogP contribution < -0.4 is 5.32 Å². The van der Waals surface area contributed by atoms with Crippen molar-refractivity contribution in [1.82, 2.24) is 5.32 Å². The van der Waals surface area contributed by atoms with Crippen LogP contribution in [0.3, 0.4) is 0 Å². The van der Waals surface area contributed by atoms with Gasteiger partial charge in [-0.05, 0) is 31.8 Å². The molecule has 2 aliphatic heterocycles. The van der Waals surface area contributed by atoms with Gasteiger partial charge in [-0.25, -0.2) is 0 Å². The number of ether oxygens (including phenoxy) is 2. The van der Waals surface area contributed by atoms with Crippen molar-refractivity contribution in [2.24, 2.45) is 23.2 Å². The monoisotopic (exact) mass is 571 g/mol. The number of carbonyl (C=O) groups is 1. The first kappa shape index (κ1) is 27.1. The number of rotatable bonds is 6. The third-order valence-electron chi connectivity index (χ3n) is 11.2. The van der Waals surface area contributed by atoms with Crippen LogP contribution in [0.25, 0.3) is 5.76 Å². The molecule has 220 valence electrons. The number of allylic oxidation sites excluding steroid dienone is 2. The lowest BCUT2D eigenvalue weighted by Crippen LogP contribution is -2.72. The van der Waals surface area contributed by atoms with Gasteiger partial charge in [-0.1, -0.05) is 48.4 Å². The van der Waals surface area contributed by atoms with Crippen molar-refractivity contribution in [1.29, 1.82) is 0 Å². The van der Waals surface area contributed by atoms with Gasteiger partial charge in [0.05, 0.1) is 39.4 Å². The minimum absolute atomic E-state index is 0.0839. The second kappa shape index (κ2) is 9.11. The largest absolute Gasteiger partial charge is 0.506 e. The van der Waals surface area contributed by atoms with Crippen molar-refractivity contribution in [3.63, 3.8) is 0 Å². The molecule has 7 atom stereocenters. The Morgan fingerprint density at radius 2 is 1.93 bits per heavy atom. The fourth-order valence-corrected chi connectivity index (χ4v) is 9.47. The summed E-state index contributed by atoms with van der Waals surface area (Å²) in [5.74, 6) is -1.40. The van der Waals surface area contributed by atoms with Gasteiger partial charge in [0.15, 0.2) is 5.57 Å². The Balaban J connectivity index is 1.32. The molecule has 0 radical (unpaired) electrons. The number of halogens is 3. The van der Waals surface area contributed by atoms with Crippen molar-refractivity contribution in [2.45, 2.75) is 69.0 Å². The van der Waals surface area contributed by atoms with E-state index in [9.17, 15) is 23.1 Å². The van der Waals surface area contributed by atoms with E-state index in [0.29, 0.717) is 17.7 Å². The predicted octanol–water partition coefficient (Wildman–Crippen LogP) is 5.63. The second-order valence-electron chi connectivity index (χ2n) is 13.3. The number of nitrogens with one attached hydrogen (secondary N) is 1. The fourth-order valence-electron chi connectivity index (χ4n) is 9.47. The second-order valence-corrected chi connectivity index (χ2v) is 13.3. The first-order valence-electron chi connectivity index (χ1n) is 14.9. The number of hydrogen-bond donors (Lipinski definition) is 2. The van der Waals surface area contributed by atoms with Crippen LogP contribution in [-0.2, 0) is 14.3 Å². The van der Waals surface area contributed by atoms with Gasteiger partial charge in [0.25, 0.3) is 5.91 Å². The summed E-state index contributed by atoms with van der Waals surface area (Å²) in [4.78, 5) is 13.8. The summed E-state index contributed by atoms with van der Waals surface area (Å²) in [6.07, 6.45) is 5.70. The summed E-state index contributed by atoms with van der Waals surface area (Å²) in [6, 6.07) is 7.78. The molecule has 0 aromatic heterocycles. The number of methoxy groups -OCH3 is 1. The maximum atomic E-state index is 14.4. The highest BCUT2D eigenvalue weighted by molar-refractivity contribution is 6.01. The van der Waals surface area contributed by atoms with Gasteiger partial charge in [0, 0.05) is 41.6 Å². The highest BCUT2D eigenvalue weighted by Gasteiger charge is 2.76. The average molecular weight is 572 g/mol. The van der Waals surface area contributed by atoms with Crippen LogP contribution in [0.2, 0.25) is 0 Å². The number of carbonyl (C=O) groups excluding carboxylic acids is 1. The Morgan fingerprint density at radius 3 is 2.61 bits per heavy atom. The Kier molecular flexibility index (Phi) is 6.02. The van der Waals surface area contributed by atoms with Crippen LogP contribution in [0.5, 0.6) is 0 Å². The van der Waals surface area contributed by atoms with Gasteiger partial charge in [0.2, 0.25) is 5.72 Å². The first-order chi connectivity index (χ1) is 19.5. The summed E-state index contributed by atoms with van der Waals surface area (Å²) < 4.78 is 57.0. The van der Waals surface area contributed by atoms with Crippen molar-refractivity contribution in [3.8, 4) is 0 Å².